The molecule has 9 heteroatoms. The lowest BCUT2D eigenvalue weighted by atomic mass is 10.2. The third-order valence-electron chi connectivity index (χ3n) is 3.71. The van der Waals surface area contributed by atoms with Crippen LogP contribution in [0.1, 0.15) is 26.5 Å². The van der Waals surface area contributed by atoms with Gasteiger partial charge in [0.25, 0.3) is 5.91 Å². The van der Waals surface area contributed by atoms with E-state index in [1.165, 1.54) is 25.6 Å². The Balaban J connectivity index is 1.73. The quantitative estimate of drug-likeness (QED) is 0.616. The van der Waals surface area contributed by atoms with Gasteiger partial charge in [-0.25, -0.2) is 14.8 Å². The number of aromatic nitrogens is 3. The average molecular weight is 398 g/mol. The second-order valence-corrected chi connectivity index (χ2v) is 6.01. The number of hydrogen-bond donors (Lipinski definition) is 2. The molecule has 0 saturated heterocycles. The monoisotopic (exact) mass is 397 g/mol. The topological polar surface area (TPSA) is 106 Å². The van der Waals surface area contributed by atoms with Crippen molar-refractivity contribution >= 4 is 35.0 Å². The third-order valence-corrected chi connectivity index (χ3v) is 4.04. The Morgan fingerprint density at radius 1 is 1.11 bits per heavy atom. The van der Waals surface area contributed by atoms with Gasteiger partial charge in [-0.2, -0.15) is 0 Å². The minimum Gasteiger partial charge on any atom is -0.465 e. The molecular formula is C19H16ClN5O3. The first-order valence-electron chi connectivity index (χ1n) is 8.22. The zero-order chi connectivity index (χ0) is 19.9. The molecule has 0 saturated carbocycles. The maximum Gasteiger partial charge on any atom is 0.337 e. The predicted octanol–water partition coefficient (Wildman–Crippen LogP) is 2.99. The lowest BCUT2D eigenvalue weighted by Crippen LogP contribution is -2.24. The van der Waals surface area contributed by atoms with Crippen LogP contribution >= 0.6 is 11.6 Å². The molecule has 1 amide bonds. The molecule has 142 valence electrons. The molecular weight excluding hydrogens is 382 g/mol. The van der Waals surface area contributed by atoms with E-state index in [2.05, 4.69) is 25.6 Å². The van der Waals surface area contributed by atoms with Crippen LogP contribution in [0.15, 0.2) is 55.0 Å². The average Bonchev–Trinajstić information content (AvgIpc) is 2.74. The van der Waals surface area contributed by atoms with E-state index in [9.17, 15) is 9.59 Å². The molecule has 0 aliphatic heterocycles. The minimum atomic E-state index is -0.489. The van der Waals surface area contributed by atoms with Crippen molar-refractivity contribution < 1.29 is 14.3 Å². The van der Waals surface area contributed by atoms with Crippen molar-refractivity contribution in [3.63, 3.8) is 0 Å². The number of ether oxygens (including phenoxy) is 1. The Labute approximate surface area is 166 Å². The number of benzene rings is 1. The van der Waals surface area contributed by atoms with Crippen molar-refractivity contribution in [2.75, 3.05) is 12.4 Å². The third kappa shape index (κ3) is 4.80. The first kappa shape index (κ1) is 19.2. The van der Waals surface area contributed by atoms with Crippen LogP contribution in [0.2, 0.25) is 5.02 Å². The fraction of sp³-hybridized carbons (Fsp3) is 0.105. The Morgan fingerprint density at radius 2 is 1.96 bits per heavy atom. The molecule has 0 atom stereocenters. The molecule has 3 rings (SSSR count). The van der Waals surface area contributed by atoms with Crippen molar-refractivity contribution in [2.24, 2.45) is 0 Å². The number of esters is 1. The van der Waals surface area contributed by atoms with Gasteiger partial charge in [0.2, 0.25) is 0 Å². The molecule has 28 heavy (non-hydrogen) atoms. The summed E-state index contributed by atoms with van der Waals surface area (Å²) in [5, 5.41) is 6.10. The van der Waals surface area contributed by atoms with Gasteiger partial charge >= 0.3 is 5.97 Å². The minimum absolute atomic E-state index is 0.175. The number of carbonyl (C=O) groups excluding carboxylic acids is 2. The van der Waals surface area contributed by atoms with Crippen molar-refractivity contribution in [3.8, 4) is 0 Å². The first-order chi connectivity index (χ1) is 13.6. The summed E-state index contributed by atoms with van der Waals surface area (Å²) in [6.45, 7) is 0.277. The molecule has 0 aliphatic rings. The Hall–Kier alpha value is -3.52. The molecule has 3 aromatic rings. The largest absolute Gasteiger partial charge is 0.465 e. The molecule has 0 bridgehead atoms. The van der Waals surface area contributed by atoms with Gasteiger partial charge in [0.15, 0.2) is 0 Å². The summed E-state index contributed by atoms with van der Waals surface area (Å²) in [6.07, 6.45) is 2.91. The number of pyridine rings is 1. The van der Waals surface area contributed by atoms with Crippen LogP contribution in [0, 0.1) is 0 Å². The van der Waals surface area contributed by atoms with Crippen LogP contribution < -0.4 is 10.6 Å². The predicted molar refractivity (Wildman–Crippen MR) is 104 cm³/mol. The number of nitrogens with zero attached hydrogens (tertiary/aromatic N) is 3. The van der Waals surface area contributed by atoms with Crippen LogP contribution in [0.25, 0.3) is 0 Å². The zero-order valence-electron chi connectivity index (χ0n) is 14.8. The number of halogens is 1. The van der Waals surface area contributed by atoms with Gasteiger partial charge in [0.05, 0.1) is 35.6 Å². The number of carbonyl (C=O) groups is 2. The smallest absolute Gasteiger partial charge is 0.337 e. The summed E-state index contributed by atoms with van der Waals surface area (Å²) in [7, 11) is 1.30. The lowest BCUT2D eigenvalue weighted by molar-refractivity contribution is 0.0600. The molecule has 0 unspecified atom stereocenters. The van der Waals surface area contributed by atoms with Gasteiger partial charge in [-0.05, 0) is 30.3 Å². The van der Waals surface area contributed by atoms with E-state index >= 15 is 0 Å². The standard InChI is InChI=1S/C19H16ClN5O3/c1-28-19(27)12-5-6-14(20)15(8-12)25-17-9-16(23-11-24-17)18(26)22-10-13-4-2-3-7-21-13/h2-9,11H,10H2,1H3,(H,22,26)(H,23,24,25). The number of hydrogen-bond acceptors (Lipinski definition) is 7. The first-order valence-corrected chi connectivity index (χ1v) is 8.59. The summed E-state index contributed by atoms with van der Waals surface area (Å²) >= 11 is 6.17. The zero-order valence-corrected chi connectivity index (χ0v) is 15.6. The molecule has 0 aliphatic carbocycles. The maximum atomic E-state index is 12.3. The fourth-order valence-corrected chi connectivity index (χ4v) is 2.48. The van der Waals surface area contributed by atoms with Crippen LogP contribution in [0.3, 0.4) is 0 Å². The lowest BCUT2D eigenvalue weighted by Gasteiger charge is -2.10. The molecule has 8 nitrogen and oxygen atoms in total. The van der Waals surface area contributed by atoms with Crippen LogP contribution in [0.5, 0.6) is 0 Å². The van der Waals surface area contributed by atoms with Gasteiger partial charge in [0.1, 0.15) is 17.8 Å². The van der Waals surface area contributed by atoms with Gasteiger partial charge in [-0.15, -0.1) is 0 Å². The number of methoxy groups -OCH3 is 1. The highest BCUT2D eigenvalue weighted by Crippen LogP contribution is 2.26. The molecule has 2 aromatic heterocycles. The molecule has 0 radical (unpaired) electrons. The highest BCUT2D eigenvalue weighted by Gasteiger charge is 2.12. The maximum absolute atomic E-state index is 12.3. The Bertz CT molecular complexity index is 998. The van der Waals surface area contributed by atoms with E-state index in [1.807, 2.05) is 12.1 Å². The molecule has 2 heterocycles. The SMILES string of the molecule is COC(=O)c1ccc(Cl)c(Nc2cc(C(=O)NCc3ccccn3)ncn2)c1. The number of rotatable bonds is 6. The number of anilines is 2. The highest BCUT2D eigenvalue weighted by atomic mass is 35.5. The van der Waals surface area contributed by atoms with E-state index in [0.29, 0.717) is 22.1 Å². The van der Waals surface area contributed by atoms with E-state index < -0.39 is 5.97 Å². The van der Waals surface area contributed by atoms with Crippen molar-refractivity contribution in [1.82, 2.24) is 20.3 Å². The van der Waals surface area contributed by atoms with Gasteiger partial charge < -0.3 is 15.4 Å². The van der Waals surface area contributed by atoms with Gasteiger partial charge in [0, 0.05) is 12.3 Å². The molecule has 2 N–H and O–H groups in total. The molecule has 0 spiro atoms. The van der Waals surface area contributed by atoms with Crippen molar-refractivity contribution in [2.45, 2.75) is 6.54 Å². The summed E-state index contributed by atoms with van der Waals surface area (Å²) < 4.78 is 4.70. The summed E-state index contributed by atoms with van der Waals surface area (Å²) in [4.78, 5) is 36.2. The number of nitrogens with one attached hydrogen (secondary N) is 2. The fourth-order valence-electron chi connectivity index (χ4n) is 2.32. The Kier molecular flexibility index (Phi) is 6.13. The van der Waals surface area contributed by atoms with Crippen LogP contribution in [0.4, 0.5) is 11.5 Å². The normalized spacial score (nSPS) is 10.2. The second kappa shape index (κ2) is 8.92. The van der Waals surface area contributed by atoms with E-state index in [-0.39, 0.29) is 18.1 Å². The second-order valence-electron chi connectivity index (χ2n) is 5.60. The summed E-state index contributed by atoms with van der Waals surface area (Å²) in [5.41, 5.74) is 1.68. The number of amides is 1. The van der Waals surface area contributed by atoms with Crippen LogP contribution in [-0.4, -0.2) is 33.9 Å². The highest BCUT2D eigenvalue weighted by molar-refractivity contribution is 6.33. The van der Waals surface area contributed by atoms with Crippen molar-refractivity contribution in [3.05, 3.63) is 77.0 Å². The van der Waals surface area contributed by atoms with E-state index in [4.69, 9.17) is 16.3 Å². The van der Waals surface area contributed by atoms with E-state index in [1.54, 1.807) is 24.4 Å². The van der Waals surface area contributed by atoms with Crippen LogP contribution in [-0.2, 0) is 11.3 Å². The molecule has 1 aromatic carbocycles. The van der Waals surface area contributed by atoms with E-state index in [0.717, 1.165) is 5.69 Å². The van der Waals surface area contributed by atoms with Gasteiger partial charge in [-0.1, -0.05) is 17.7 Å². The summed E-state index contributed by atoms with van der Waals surface area (Å²) in [6, 6.07) is 11.6. The Morgan fingerprint density at radius 3 is 2.71 bits per heavy atom. The summed E-state index contributed by atoms with van der Waals surface area (Å²) in [5.74, 6) is -0.510. The molecule has 0 fully saturated rings. The van der Waals surface area contributed by atoms with Crippen molar-refractivity contribution in [1.29, 1.82) is 0 Å². The van der Waals surface area contributed by atoms with Gasteiger partial charge in [-0.3, -0.25) is 9.78 Å².